The minimum atomic E-state index is -4.16. The molecule has 1 aliphatic rings. The van der Waals surface area contributed by atoms with E-state index in [1.54, 1.807) is 19.9 Å². The molecule has 0 radical (unpaired) electrons. The van der Waals surface area contributed by atoms with E-state index >= 15 is 0 Å². The van der Waals surface area contributed by atoms with Gasteiger partial charge in [0.05, 0.1) is 41.5 Å². The molecular weight excluding hydrogens is 514 g/mol. The maximum Gasteiger partial charge on any atom is 0.262 e. The number of anilines is 2. The average Bonchev–Trinajstić information content (AvgIpc) is 2.84. The Hall–Kier alpha value is -2.32. The number of rotatable bonds is 9. The fraction of sp³-hybridized carbons (Fsp3) is 0.409. The molecule has 192 valence electrons. The second-order valence-electron chi connectivity index (χ2n) is 7.99. The van der Waals surface area contributed by atoms with Crippen LogP contribution in [0.25, 0.3) is 0 Å². The van der Waals surface area contributed by atoms with Crippen molar-refractivity contribution < 1.29 is 31.1 Å². The van der Waals surface area contributed by atoms with Crippen LogP contribution in [0.5, 0.6) is 5.75 Å². The largest absolute Gasteiger partial charge is 0.495 e. The summed E-state index contributed by atoms with van der Waals surface area (Å²) in [6.07, 6.45) is 1.82. The number of hydrogen-bond acceptors (Lipinski definition) is 8. The zero-order valence-corrected chi connectivity index (χ0v) is 22.3. The SMILES string of the molecule is COc1ccc(S(=O)(=O)N2CCOCC2)cc1NS(=O)(=O)c1ccc(SC)c(NC(=O)C(C)C)c1. The molecule has 13 heteroatoms. The Kier molecular flexibility index (Phi) is 8.70. The van der Waals surface area contributed by atoms with Crippen molar-refractivity contribution in [2.45, 2.75) is 28.5 Å². The van der Waals surface area contributed by atoms with Crippen molar-refractivity contribution in [3.05, 3.63) is 36.4 Å². The Balaban J connectivity index is 1.97. The van der Waals surface area contributed by atoms with E-state index in [4.69, 9.17) is 9.47 Å². The zero-order valence-electron chi connectivity index (χ0n) is 19.9. The molecule has 1 heterocycles. The number of benzene rings is 2. The van der Waals surface area contributed by atoms with Crippen LogP contribution < -0.4 is 14.8 Å². The topological polar surface area (TPSA) is 131 Å². The van der Waals surface area contributed by atoms with E-state index in [-0.39, 0.29) is 59.4 Å². The first kappa shape index (κ1) is 27.3. The predicted molar refractivity (Wildman–Crippen MR) is 135 cm³/mol. The third-order valence-electron chi connectivity index (χ3n) is 5.29. The van der Waals surface area contributed by atoms with Crippen LogP contribution in [0.15, 0.2) is 51.1 Å². The van der Waals surface area contributed by atoms with Gasteiger partial charge in [0.15, 0.2) is 0 Å². The van der Waals surface area contributed by atoms with Crippen LogP contribution in [0.3, 0.4) is 0 Å². The number of methoxy groups -OCH3 is 1. The monoisotopic (exact) mass is 543 g/mol. The van der Waals surface area contributed by atoms with Crippen molar-refractivity contribution in [2.24, 2.45) is 5.92 Å². The van der Waals surface area contributed by atoms with Crippen molar-refractivity contribution in [3.63, 3.8) is 0 Å². The first-order valence-electron chi connectivity index (χ1n) is 10.8. The maximum atomic E-state index is 13.2. The van der Waals surface area contributed by atoms with Gasteiger partial charge < -0.3 is 14.8 Å². The third kappa shape index (κ3) is 6.28. The molecule has 10 nitrogen and oxygen atoms in total. The summed E-state index contributed by atoms with van der Waals surface area (Å²) >= 11 is 1.37. The smallest absolute Gasteiger partial charge is 0.262 e. The highest BCUT2D eigenvalue weighted by atomic mass is 32.2. The number of ether oxygens (including phenoxy) is 2. The highest BCUT2D eigenvalue weighted by Gasteiger charge is 2.28. The quantitative estimate of drug-likeness (QED) is 0.462. The minimum Gasteiger partial charge on any atom is -0.495 e. The molecule has 2 aromatic carbocycles. The summed E-state index contributed by atoms with van der Waals surface area (Å²) in [4.78, 5) is 12.7. The molecule has 0 aromatic heterocycles. The van der Waals surface area contributed by atoms with Gasteiger partial charge in [0, 0.05) is 23.9 Å². The van der Waals surface area contributed by atoms with Crippen LogP contribution in [0.4, 0.5) is 11.4 Å². The van der Waals surface area contributed by atoms with Gasteiger partial charge in [0.2, 0.25) is 15.9 Å². The first-order chi connectivity index (χ1) is 16.5. The van der Waals surface area contributed by atoms with Crippen molar-refractivity contribution in [1.82, 2.24) is 4.31 Å². The van der Waals surface area contributed by atoms with Crippen molar-refractivity contribution in [3.8, 4) is 5.75 Å². The van der Waals surface area contributed by atoms with E-state index < -0.39 is 20.0 Å². The van der Waals surface area contributed by atoms with Crippen LogP contribution in [0, 0.1) is 5.92 Å². The molecule has 1 aliphatic heterocycles. The molecule has 35 heavy (non-hydrogen) atoms. The van der Waals surface area contributed by atoms with Crippen molar-refractivity contribution in [1.29, 1.82) is 0 Å². The van der Waals surface area contributed by atoms with E-state index in [0.29, 0.717) is 10.6 Å². The summed E-state index contributed by atoms with van der Waals surface area (Å²) in [5, 5.41) is 2.75. The summed E-state index contributed by atoms with van der Waals surface area (Å²) in [5.41, 5.74) is 0.346. The lowest BCUT2D eigenvalue weighted by Gasteiger charge is -2.26. The normalized spacial score (nSPS) is 15.1. The summed E-state index contributed by atoms with van der Waals surface area (Å²) < 4.78 is 66.8. The zero-order chi connectivity index (χ0) is 25.8. The number of nitrogens with zero attached hydrogens (tertiary/aromatic N) is 1. The van der Waals surface area contributed by atoms with Gasteiger partial charge in [-0.2, -0.15) is 4.31 Å². The molecule has 2 N–H and O–H groups in total. The average molecular weight is 544 g/mol. The maximum absolute atomic E-state index is 13.2. The second kappa shape index (κ2) is 11.2. The van der Waals surface area contributed by atoms with E-state index in [2.05, 4.69) is 10.0 Å². The molecule has 0 saturated carbocycles. The number of hydrogen-bond donors (Lipinski definition) is 2. The van der Waals surface area contributed by atoms with Crippen LogP contribution in [0.1, 0.15) is 13.8 Å². The first-order valence-corrected chi connectivity index (χ1v) is 14.9. The molecule has 0 aliphatic carbocycles. The third-order valence-corrected chi connectivity index (χ3v) is 9.34. The molecule has 0 unspecified atom stereocenters. The molecule has 0 bridgehead atoms. The number of thioether (sulfide) groups is 1. The number of sulfonamides is 2. The van der Waals surface area contributed by atoms with E-state index in [9.17, 15) is 21.6 Å². The van der Waals surface area contributed by atoms with E-state index in [1.165, 1.54) is 53.5 Å². The molecule has 0 spiro atoms. The number of carbonyl (C=O) groups excluding carboxylic acids is 1. The van der Waals surface area contributed by atoms with Gasteiger partial charge in [0.1, 0.15) is 5.75 Å². The van der Waals surface area contributed by atoms with Gasteiger partial charge in [-0.15, -0.1) is 11.8 Å². The second-order valence-corrected chi connectivity index (χ2v) is 12.5. The number of morpholine rings is 1. The van der Waals surface area contributed by atoms with Crippen LogP contribution in [0.2, 0.25) is 0 Å². The fourth-order valence-corrected chi connectivity index (χ4v) is 6.35. The Morgan fingerprint density at radius 1 is 1.03 bits per heavy atom. The van der Waals surface area contributed by atoms with E-state index in [1.807, 2.05) is 6.26 Å². The summed E-state index contributed by atoms with van der Waals surface area (Å²) in [7, 11) is -6.65. The Morgan fingerprint density at radius 2 is 1.66 bits per heavy atom. The summed E-state index contributed by atoms with van der Waals surface area (Å²) in [6, 6.07) is 8.39. The lowest BCUT2D eigenvalue weighted by Crippen LogP contribution is -2.40. The number of amides is 1. The predicted octanol–water partition coefficient (Wildman–Crippen LogP) is 2.83. The van der Waals surface area contributed by atoms with Gasteiger partial charge >= 0.3 is 0 Å². The summed E-state index contributed by atoms with van der Waals surface area (Å²) in [5.74, 6) is -0.377. The highest BCUT2D eigenvalue weighted by Crippen LogP contribution is 2.33. The Bertz CT molecular complexity index is 1290. The van der Waals surface area contributed by atoms with Gasteiger partial charge in [-0.05, 0) is 42.7 Å². The lowest BCUT2D eigenvalue weighted by atomic mass is 10.2. The number of carbonyl (C=O) groups is 1. The van der Waals surface area contributed by atoms with Crippen molar-refractivity contribution in [2.75, 3.05) is 49.7 Å². The van der Waals surface area contributed by atoms with Gasteiger partial charge in [0.25, 0.3) is 10.0 Å². The minimum absolute atomic E-state index is 0.0245. The van der Waals surface area contributed by atoms with Crippen LogP contribution in [-0.2, 0) is 29.6 Å². The lowest BCUT2D eigenvalue weighted by molar-refractivity contribution is -0.118. The van der Waals surface area contributed by atoms with E-state index in [0.717, 1.165) is 0 Å². The highest BCUT2D eigenvalue weighted by molar-refractivity contribution is 7.98. The number of nitrogens with one attached hydrogen (secondary N) is 2. The molecule has 3 rings (SSSR count). The van der Waals surface area contributed by atoms with Crippen LogP contribution in [-0.4, -0.2) is 66.7 Å². The summed E-state index contributed by atoms with van der Waals surface area (Å²) in [6.45, 7) is 4.47. The standard InChI is InChI=1S/C22H29N3O7S3/c1-15(2)22(26)23-19-13-16(6-8-21(19)33-4)34(27,28)24-18-14-17(5-7-20(18)31-3)35(29,30)25-9-11-32-12-10-25/h5-8,13-15,24H,9-12H2,1-4H3,(H,23,26). The van der Waals surface area contributed by atoms with Gasteiger partial charge in [-0.3, -0.25) is 9.52 Å². The molecule has 2 aromatic rings. The molecule has 0 atom stereocenters. The molecule has 1 fully saturated rings. The Morgan fingerprint density at radius 3 is 2.26 bits per heavy atom. The molecular formula is C22H29N3O7S3. The van der Waals surface area contributed by atoms with Crippen LogP contribution >= 0.6 is 11.8 Å². The van der Waals surface area contributed by atoms with Crippen molar-refractivity contribution >= 4 is 49.1 Å². The Labute approximate surface area is 210 Å². The molecule has 1 amide bonds. The fourth-order valence-electron chi connectivity index (χ4n) is 3.30. The van der Waals surface area contributed by atoms with Gasteiger partial charge in [-0.1, -0.05) is 13.8 Å². The molecule has 1 saturated heterocycles. The van der Waals surface area contributed by atoms with Gasteiger partial charge in [-0.25, -0.2) is 16.8 Å².